The van der Waals surface area contributed by atoms with Crippen molar-refractivity contribution in [3.05, 3.63) is 63.4 Å². The molecule has 4 rings (SSSR count). The fraction of sp³-hybridized carbons (Fsp3) is 0.118. The average molecular weight is 340 g/mol. The van der Waals surface area contributed by atoms with Gasteiger partial charge in [-0.1, -0.05) is 12.1 Å². The van der Waals surface area contributed by atoms with Crippen LogP contribution in [0.4, 0.5) is 4.39 Å². The molecule has 0 amide bonds. The van der Waals surface area contributed by atoms with Gasteiger partial charge in [0.2, 0.25) is 0 Å². The van der Waals surface area contributed by atoms with E-state index in [2.05, 4.69) is 15.1 Å². The third-order valence-corrected chi connectivity index (χ3v) is 4.88. The molecule has 3 heterocycles. The monoisotopic (exact) mass is 340 g/mol. The first kappa shape index (κ1) is 14.8. The molecule has 5 nitrogen and oxygen atoms in total. The Morgan fingerprint density at radius 3 is 2.58 bits per heavy atom. The Labute approximate surface area is 140 Å². The second kappa shape index (κ2) is 5.38. The predicted molar refractivity (Wildman–Crippen MR) is 91.8 cm³/mol. The lowest BCUT2D eigenvalue weighted by atomic mass is 10.1. The van der Waals surface area contributed by atoms with Crippen LogP contribution in [0.1, 0.15) is 10.7 Å². The van der Waals surface area contributed by atoms with Crippen LogP contribution in [0, 0.1) is 19.7 Å². The predicted octanol–water partition coefficient (Wildman–Crippen LogP) is 3.57. The summed E-state index contributed by atoms with van der Waals surface area (Å²) in [6.45, 7) is 3.83. The molecule has 0 aliphatic heterocycles. The molecule has 0 atom stereocenters. The van der Waals surface area contributed by atoms with E-state index in [1.54, 1.807) is 18.3 Å². The zero-order valence-electron chi connectivity index (χ0n) is 13.0. The van der Waals surface area contributed by atoms with Gasteiger partial charge in [0.15, 0.2) is 5.65 Å². The highest BCUT2D eigenvalue weighted by Crippen LogP contribution is 2.29. The maximum atomic E-state index is 13.2. The maximum Gasteiger partial charge on any atom is 0.273 e. The Hall–Kier alpha value is -2.80. The lowest BCUT2D eigenvalue weighted by Crippen LogP contribution is -2.14. The van der Waals surface area contributed by atoms with Crippen molar-refractivity contribution in [1.29, 1.82) is 0 Å². The summed E-state index contributed by atoms with van der Waals surface area (Å²) >= 11 is 1.51. The molecule has 0 radical (unpaired) electrons. The molecule has 0 aliphatic rings. The molecule has 7 heteroatoms. The quantitative estimate of drug-likeness (QED) is 0.607. The van der Waals surface area contributed by atoms with Crippen LogP contribution in [0.2, 0.25) is 0 Å². The number of nitrogens with zero attached hydrogens (tertiary/aromatic N) is 3. The number of H-pyrrole nitrogens is 1. The number of nitrogens with one attached hydrogen (secondary N) is 1. The van der Waals surface area contributed by atoms with E-state index in [0.717, 1.165) is 26.7 Å². The molecule has 4 aromatic rings. The SMILES string of the molecule is Cc1nc(C)c(-c2cc(=O)n3[nH]cc(-c4ccc(F)cc4)c3n2)s1. The number of thiazole rings is 1. The Bertz CT molecular complexity index is 1110. The lowest BCUT2D eigenvalue weighted by Gasteiger charge is -2.02. The molecule has 0 bridgehead atoms. The number of rotatable bonds is 2. The number of aromatic nitrogens is 4. The van der Waals surface area contributed by atoms with Gasteiger partial charge in [0, 0.05) is 17.8 Å². The van der Waals surface area contributed by atoms with Gasteiger partial charge in [-0.2, -0.15) is 0 Å². The second-order valence-electron chi connectivity index (χ2n) is 5.48. The molecule has 0 fully saturated rings. The van der Waals surface area contributed by atoms with Gasteiger partial charge in [-0.3, -0.25) is 9.89 Å². The third kappa shape index (κ3) is 2.33. The smallest absolute Gasteiger partial charge is 0.273 e. The fourth-order valence-electron chi connectivity index (χ4n) is 2.71. The minimum absolute atomic E-state index is 0.200. The number of hydrogen-bond acceptors (Lipinski definition) is 4. The molecule has 0 saturated carbocycles. The first-order valence-corrected chi connectivity index (χ1v) is 8.16. The van der Waals surface area contributed by atoms with E-state index in [-0.39, 0.29) is 11.4 Å². The minimum atomic E-state index is -0.305. The van der Waals surface area contributed by atoms with E-state index in [4.69, 9.17) is 0 Å². The summed E-state index contributed by atoms with van der Waals surface area (Å²) in [6.07, 6.45) is 1.70. The number of benzene rings is 1. The lowest BCUT2D eigenvalue weighted by molar-refractivity contribution is 0.628. The van der Waals surface area contributed by atoms with Gasteiger partial charge in [-0.25, -0.2) is 18.9 Å². The molecule has 0 unspecified atom stereocenters. The van der Waals surface area contributed by atoms with Crippen LogP contribution in [0.15, 0.2) is 41.3 Å². The van der Waals surface area contributed by atoms with Gasteiger partial charge in [-0.15, -0.1) is 11.3 Å². The van der Waals surface area contributed by atoms with Gasteiger partial charge < -0.3 is 0 Å². The van der Waals surface area contributed by atoms with Gasteiger partial charge in [-0.05, 0) is 31.5 Å². The minimum Gasteiger partial charge on any atom is -0.296 e. The number of halogens is 1. The van der Waals surface area contributed by atoms with Crippen LogP contribution in [0.3, 0.4) is 0 Å². The van der Waals surface area contributed by atoms with E-state index in [1.165, 1.54) is 34.1 Å². The van der Waals surface area contributed by atoms with Gasteiger partial charge in [0.1, 0.15) is 5.82 Å². The van der Waals surface area contributed by atoms with Crippen molar-refractivity contribution < 1.29 is 4.39 Å². The summed E-state index contributed by atoms with van der Waals surface area (Å²) in [6, 6.07) is 7.60. The maximum absolute atomic E-state index is 13.2. The summed E-state index contributed by atoms with van der Waals surface area (Å²) in [5, 5.41) is 3.83. The van der Waals surface area contributed by atoms with Crippen LogP contribution in [0.25, 0.3) is 27.3 Å². The summed E-state index contributed by atoms with van der Waals surface area (Å²) in [4.78, 5) is 22.3. The fourth-order valence-corrected chi connectivity index (χ4v) is 3.59. The van der Waals surface area contributed by atoms with E-state index < -0.39 is 0 Å². The van der Waals surface area contributed by atoms with Gasteiger partial charge in [0.25, 0.3) is 5.56 Å². The Morgan fingerprint density at radius 1 is 1.17 bits per heavy atom. The molecule has 3 aromatic heterocycles. The van der Waals surface area contributed by atoms with E-state index >= 15 is 0 Å². The van der Waals surface area contributed by atoms with Gasteiger partial charge in [0.05, 0.1) is 21.3 Å². The van der Waals surface area contributed by atoms with Crippen molar-refractivity contribution in [3.63, 3.8) is 0 Å². The first-order chi connectivity index (χ1) is 11.5. The summed E-state index contributed by atoms with van der Waals surface area (Å²) in [5.74, 6) is -0.305. The highest BCUT2D eigenvalue weighted by molar-refractivity contribution is 7.15. The molecule has 0 spiro atoms. The number of aryl methyl sites for hydroxylation is 2. The Kier molecular flexibility index (Phi) is 3.31. The molecular formula is C17H13FN4OS. The zero-order valence-corrected chi connectivity index (χ0v) is 13.8. The van der Waals surface area contributed by atoms with Crippen molar-refractivity contribution in [1.82, 2.24) is 19.6 Å². The van der Waals surface area contributed by atoms with Crippen molar-refractivity contribution in [3.8, 4) is 21.7 Å². The average Bonchev–Trinajstić information content (AvgIpc) is 3.11. The standard InChI is InChI=1S/C17H13FN4OS/c1-9-16(24-10(2)20-9)14-7-15(23)22-17(21-14)13(8-19-22)11-3-5-12(18)6-4-11/h3-8,19H,1-2H3. The third-order valence-electron chi connectivity index (χ3n) is 3.79. The summed E-state index contributed by atoms with van der Waals surface area (Å²) < 4.78 is 14.5. The van der Waals surface area contributed by atoms with Crippen molar-refractivity contribution in [2.45, 2.75) is 13.8 Å². The summed E-state index contributed by atoms with van der Waals surface area (Å²) in [5.41, 5.74) is 3.30. The van der Waals surface area contributed by atoms with Crippen molar-refractivity contribution in [2.75, 3.05) is 0 Å². The number of hydrogen-bond donors (Lipinski definition) is 1. The van der Waals surface area contributed by atoms with E-state index in [1.807, 2.05) is 13.8 Å². The Balaban J connectivity index is 1.96. The molecule has 24 heavy (non-hydrogen) atoms. The largest absolute Gasteiger partial charge is 0.296 e. The molecule has 120 valence electrons. The topological polar surface area (TPSA) is 63.1 Å². The molecule has 1 N–H and O–H groups in total. The van der Waals surface area contributed by atoms with Crippen molar-refractivity contribution in [2.24, 2.45) is 0 Å². The highest BCUT2D eigenvalue weighted by atomic mass is 32.1. The molecule has 0 aliphatic carbocycles. The normalized spacial score (nSPS) is 11.3. The van der Waals surface area contributed by atoms with Crippen LogP contribution in [0.5, 0.6) is 0 Å². The molecule has 1 aromatic carbocycles. The van der Waals surface area contributed by atoms with Gasteiger partial charge >= 0.3 is 0 Å². The molecular weight excluding hydrogens is 327 g/mol. The zero-order chi connectivity index (χ0) is 16.8. The van der Waals surface area contributed by atoms with E-state index in [0.29, 0.717) is 11.3 Å². The summed E-state index contributed by atoms with van der Waals surface area (Å²) in [7, 11) is 0. The number of aromatic amines is 1. The van der Waals surface area contributed by atoms with E-state index in [9.17, 15) is 9.18 Å². The van der Waals surface area contributed by atoms with Crippen molar-refractivity contribution >= 4 is 17.0 Å². The highest BCUT2D eigenvalue weighted by Gasteiger charge is 2.15. The number of fused-ring (bicyclic) bond motifs is 1. The molecule has 0 saturated heterocycles. The van der Waals surface area contributed by atoms with Crippen LogP contribution < -0.4 is 5.56 Å². The second-order valence-corrected chi connectivity index (χ2v) is 6.68. The van der Waals surface area contributed by atoms with Crippen LogP contribution in [-0.2, 0) is 0 Å². The van der Waals surface area contributed by atoms with Crippen LogP contribution >= 0.6 is 11.3 Å². The Morgan fingerprint density at radius 2 is 1.92 bits per heavy atom. The van der Waals surface area contributed by atoms with Crippen LogP contribution in [-0.4, -0.2) is 19.6 Å². The first-order valence-electron chi connectivity index (χ1n) is 7.34.